The van der Waals surface area contributed by atoms with Gasteiger partial charge in [-0.1, -0.05) is 0 Å². The Morgan fingerprint density at radius 2 is 2.09 bits per heavy atom. The van der Waals surface area contributed by atoms with Gasteiger partial charge in [0.1, 0.15) is 0 Å². The van der Waals surface area contributed by atoms with Crippen LogP contribution in [-0.2, 0) is 0 Å². The Bertz CT molecular complexity index is 140. The zero-order valence-corrected chi connectivity index (χ0v) is 6.39. The lowest BCUT2D eigenvalue weighted by Crippen LogP contribution is -2.53. The molecule has 0 radical (unpaired) electrons. The van der Waals surface area contributed by atoms with E-state index >= 15 is 0 Å². The number of hydrogen-bond acceptors (Lipinski definition) is 2. The predicted octanol–water partition coefficient (Wildman–Crippen LogP) is 0.850. The number of rotatable bonds is 1. The molecule has 2 atom stereocenters. The molecule has 1 aliphatic carbocycles. The minimum absolute atomic E-state index is 0.136. The molecule has 0 amide bonds. The molecule has 0 spiro atoms. The minimum atomic E-state index is -2.44. The van der Waals surface area contributed by atoms with Crippen molar-refractivity contribution in [1.29, 1.82) is 0 Å². The molecule has 0 saturated heterocycles. The first kappa shape index (κ1) is 8.87. The fraction of sp³-hybridized carbons (Fsp3) is 1.00. The van der Waals surface area contributed by atoms with Crippen LogP contribution in [0.25, 0.3) is 0 Å². The SMILES string of the molecule is NC1CCCC(N)(C(F)F)C1. The van der Waals surface area contributed by atoms with Crippen LogP contribution >= 0.6 is 0 Å². The van der Waals surface area contributed by atoms with Crippen molar-refractivity contribution in [3.8, 4) is 0 Å². The van der Waals surface area contributed by atoms with Gasteiger partial charge >= 0.3 is 0 Å². The Hall–Kier alpha value is -0.220. The quantitative estimate of drug-likeness (QED) is 0.603. The summed E-state index contributed by atoms with van der Waals surface area (Å²) in [4.78, 5) is 0. The molecule has 2 unspecified atom stereocenters. The van der Waals surface area contributed by atoms with Gasteiger partial charge in [0.15, 0.2) is 0 Å². The number of alkyl halides is 2. The summed E-state index contributed by atoms with van der Waals surface area (Å²) < 4.78 is 24.6. The van der Waals surface area contributed by atoms with Crippen LogP contribution in [0.5, 0.6) is 0 Å². The Labute approximate surface area is 64.9 Å². The summed E-state index contributed by atoms with van der Waals surface area (Å²) in [5, 5.41) is 0. The summed E-state index contributed by atoms with van der Waals surface area (Å²) >= 11 is 0. The van der Waals surface area contributed by atoms with Crippen molar-refractivity contribution in [3.05, 3.63) is 0 Å². The van der Waals surface area contributed by atoms with Gasteiger partial charge < -0.3 is 11.5 Å². The zero-order chi connectivity index (χ0) is 8.48. The maximum absolute atomic E-state index is 12.3. The minimum Gasteiger partial charge on any atom is -0.328 e. The van der Waals surface area contributed by atoms with Gasteiger partial charge in [0, 0.05) is 6.04 Å². The second-order valence-electron chi connectivity index (χ2n) is 3.39. The van der Waals surface area contributed by atoms with Crippen molar-refractivity contribution in [2.24, 2.45) is 11.5 Å². The lowest BCUT2D eigenvalue weighted by atomic mass is 9.80. The Balaban J connectivity index is 2.55. The van der Waals surface area contributed by atoms with Crippen LogP contribution in [-0.4, -0.2) is 18.0 Å². The van der Waals surface area contributed by atoms with Crippen molar-refractivity contribution in [2.45, 2.75) is 43.7 Å². The predicted molar refractivity (Wildman–Crippen MR) is 39.4 cm³/mol. The van der Waals surface area contributed by atoms with E-state index in [1.165, 1.54) is 0 Å². The average Bonchev–Trinajstić information content (AvgIpc) is 1.86. The van der Waals surface area contributed by atoms with Crippen LogP contribution in [0.2, 0.25) is 0 Å². The normalized spacial score (nSPS) is 39.5. The van der Waals surface area contributed by atoms with Crippen molar-refractivity contribution >= 4 is 0 Å². The molecule has 2 nitrogen and oxygen atoms in total. The molecule has 4 N–H and O–H groups in total. The zero-order valence-electron chi connectivity index (χ0n) is 6.39. The molecule has 0 aromatic rings. The molecule has 0 aromatic heterocycles. The van der Waals surface area contributed by atoms with E-state index in [4.69, 9.17) is 11.5 Å². The lowest BCUT2D eigenvalue weighted by molar-refractivity contribution is 0.0270. The molecule has 0 aromatic carbocycles. The first-order valence-electron chi connectivity index (χ1n) is 3.87. The van der Waals surface area contributed by atoms with Gasteiger partial charge in [-0.3, -0.25) is 0 Å². The van der Waals surface area contributed by atoms with Crippen molar-refractivity contribution in [1.82, 2.24) is 0 Å². The highest BCUT2D eigenvalue weighted by Gasteiger charge is 2.39. The van der Waals surface area contributed by atoms with Crippen molar-refractivity contribution in [2.75, 3.05) is 0 Å². The van der Waals surface area contributed by atoms with Crippen molar-refractivity contribution in [3.63, 3.8) is 0 Å². The molecule has 0 heterocycles. The van der Waals surface area contributed by atoms with Crippen LogP contribution in [0.4, 0.5) is 8.78 Å². The van der Waals surface area contributed by atoms with E-state index in [9.17, 15) is 8.78 Å². The second kappa shape index (κ2) is 3.03. The Kier molecular flexibility index (Phi) is 2.44. The molecule has 1 aliphatic rings. The molecule has 0 aliphatic heterocycles. The molecule has 4 heteroatoms. The van der Waals surface area contributed by atoms with Crippen molar-refractivity contribution < 1.29 is 8.78 Å². The average molecular weight is 164 g/mol. The highest BCUT2D eigenvalue weighted by Crippen LogP contribution is 2.30. The third-order valence-electron chi connectivity index (χ3n) is 2.29. The van der Waals surface area contributed by atoms with Crippen LogP contribution in [0.1, 0.15) is 25.7 Å². The van der Waals surface area contributed by atoms with Gasteiger partial charge in [-0.15, -0.1) is 0 Å². The number of halogens is 2. The number of nitrogens with two attached hydrogens (primary N) is 2. The largest absolute Gasteiger partial charge is 0.328 e. The van der Waals surface area contributed by atoms with E-state index in [1.807, 2.05) is 0 Å². The Morgan fingerprint density at radius 1 is 1.45 bits per heavy atom. The van der Waals surface area contributed by atoms with E-state index < -0.39 is 12.0 Å². The summed E-state index contributed by atoms with van der Waals surface area (Å²) in [5.41, 5.74) is 9.69. The van der Waals surface area contributed by atoms with Crippen LogP contribution in [0, 0.1) is 0 Å². The van der Waals surface area contributed by atoms with E-state index in [2.05, 4.69) is 0 Å². The molecular weight excluding hydrogens is 150 g/mol. The molecule has 11 heavy (non-hydrogen) atoms. The van der Waals surface area contributed by atoms with Crippen LogP contribution < -0.4 is 11.5 Å². The summed E-state index contributed by atoms with van der Waals surface area (Å²) in [6.45, 7) is 0. The van der Waals surface area contributed by atoms with E-state index in [1.54, 1.807) is 0 Å². The summed E-state index contributed by atoms with van der Waals surface area (Å²) in [7, 11) is 0. The standard InChI is InChI=1S/C7H14F2N2/c8-6(9)7(11)3-1-2-5(10)4-7/h5-6H,1-4,10-11H2. The van der Waals surface area contributed by atoms with Gasteiger partial charge in [0.25, 0.3) is 6.43 Å². The van der Waals surface area contributed by atoms with Gasteiger partial charge in [0.2, 0.25) is 0 Å². The van der Waals surface area contributed by atoms with Crippen LogP contribution in [0.3, 0.4) is 0 Å². The summed E-state index contributed by atoms with van der Waals surface area (Å²) in [6.07, 6.45) is -0.231. The Morgan fingerprint density at radius 3 is 2.45 bits per heavy atom. The van der Waals surface area contributed by atoms with E-state index in [0.29, 0.717) is 6.42 Å². The first-order chi connectivity index (χ1) is 5.04. The van der Waals surface area contributed by atoms with E-state index in [-0.39, 0.29) is 12.5 Å². The monoisotopic (exact) mass is 164 g/mol. The number of hydrogen-bond donors (Lipinski definition) is 2. The molecule has 1 saturated carbocycles. The van der Waals surface area contributed by atoms with Gasteiger partial charge in [0.05, 0.1) is 5.54 Å². The van der Waals surface area contributed by atoms with E-state index in [0.717, 1.165) is 12.8 Å². The molecular formula is C7H14F2N2. The highest BCUT2D eigenvalue weighted by atomic mass is 19.3. The topological polar surface area (TPSA) is 52.0 Å². The summed E-state index contributed by atoms with van der Waals surface area (Å²) in [6, 6.07) is -0.136. The second-order valence-corrected chi connectivity index (χ2v) is 3.39. The lowest BCUT2D eigenvalue weighted by Gasteiger charge is -2.35. The third kappa shape index (κ3) is 1.87. The first-order valence-corrected chi connectivity index (χ1v) is 3.87. The molecule has 0 bridgehead atoms. The van der Waals surface area contributed by atoms with Gasteiger partial charge in [-0.05, 0) is 25.7 Å². The smallest absolute Gasteiger partial charge is 0.256 e. The van der Waals surface area contributed by atoms with Gasteiger partial charge in [-0.2, -0.15) is 0 Å². The molecule has 1 rings (SSSR count). The summed E-state index contributed by atoms with van der Waals surface area (Å²) in [5.74, 6) is 0. The van der Waals surface area contributed by atoms with Crippen LogP contribution in [0.15, 0.2) is 0 Å². The molecule has 1 fully saturated rings. The fourth-order valence-corrected chi connectivity index (χ4v) is 1.58. The highest BCUT2D eigenvalue weighted by molar-refractivity contribution is 4.94. The third-order valence-corrected chi connectivity index (χ3v) is 2.29. The molecule has 66 valence electrons. The fourth-order valence-electron chi connectivity index (χ4n) is 1.58. The maximum Gasteiger partial charge on any atom is 0.256 e. The maximum atomic E-state index is 12.3. The van der Waals surface area contributed by atoms with Gasteiger partial charge in [-0.25, -0.2) is 8.78 Å².